The molecule has 0 unspecified atom stereocenters. The lowest BCUT2D eigenvalue weighted by atomic mass is 10.2. The predicted molar refractivity (Wildman–Crippen MR) is 53.8 cm³/mol. The fraction of sp³-hybridized carbons (Fsp3) is 0.111. The molecule has 0 aliphatic heterocycles. The minimum Gasteiger partial charge on any atom is -0.467 e. The van der Waals surface area contributed by atoms with Gasteiger partial charge in [-0.1, -0.05) is 15.9 Å². The highest BCUT2D eigenvalue weighted by Crippen LogP contribution is 2.18. The molecule has 1 aromatic carbocycles. The summed E-state index contributed by atoms with van der Waals surface area (Å²) in [6.07, 6.45) is 1.74. The van der Waals surface area contributed by atoms with Crippen molar-refractivity contribution < 1.29 is 4.74 Å². The molecule has 0 aliphatic carbocycles. The van der Waals surface area contributed by atoms with Crippen molar-refractivity contribution >= 4 is 26.8 Å². The van der Waals surface area contributed by atoms with Crippen LogP contribution in [0.15, 0.2) is 28.9 Å². The predicted octanol–water partition coefficient (Wildman–Crippen LogP) is 2.40. The normalized spacial score (nSPS) is 10.3. The maximum Gasteiger partial charge on any atom is 0.316 e. The molecule has 0 aliphatic rings. The quantitative estimate of drug-likeness (QED) is 0.766. The maximum atomic E-state index is 4.92. The number of benzene rings is 1. The van der Waals surface area contributed by atoms with Gasteiger partial charge in [0, 0.05) is 16.1 Å². The van der Waals surface area contributed by atoms with Gasteiger partial charge in [-0.2, -0.15) is 4.98 Å². The Labute approximate surface area is 83.9 Å². The summed E-state index contributed by atoms with van der Waals surface area (Å²) in [6.45, 7) is 0. The van der Waals surface area contributed by atoms with Gasteiger partial charge in [0.1, 0.15) is 0 Å². The zero-order chi connectivity index (χ0) is 9.26. The average Bonchev–Trinajstić information content (AvgIpc) is 2.17. The molecule has 2 rings (SSSR count). The van der Waals surface area contributed by atoms with Crippen LogP contribution < -0.4 is 4.74 Å². The van der Waals surface area contributed by atoms with E-state index >= 15 is 0 Å². The Morgan fingerprint density at radius 2 is 2.23 bits per heavy atom. The molecule has 0 saturated carbocycles. The van der Waals surface area contributed by atoms with Crippen LogP contribution in [0, 0.1) is 0 Å². The highest BCUT2D eigenvalue weighted by Gasteiger charge is 1.99. The van der Waals surface area contributed by atoms with Crippen LogP contribution in [-0.2, 0) is 0 Å². The Morgan fingerprint density at radius 3 is 3.00 bits per heavy atom. The molecule has 13 heavy (non-hydrogen) atoms. The lowest BCUT2D eigenvalue weighted by Crippen LogP contribution is -1.91. The van der Waals surface area contributed by atoms with E-state index in [2.05, 4.69) is 25.9 Å². The summed E-state index contributed by atoms with van der Waals surface area (Å²) in [7, 11) is 1.56. The molecular formula is C9H7BrN2O. The van der Waals surface area contributed by atoms with Crippen LogP contribution in [0.1, 0.15) is 0 Å². The van der Waals surface area contributed by atoms with Crippen LogP contribution in [0.3, 0.4) is 0 Å². The van der Waals surface area contributed by atoms with Crippen molar-refractivity contribution in [2.75, 3.05) is 7.11 Å². The van der Waals surface area contributed by atoms with E-state index in [0.29, 0.717) is 6.01 Å². The number of ether oxygens (including phenoxy) is 1. The first-order chi connectivity index (χ1) is 6.29. The first-order valence-electron chi connectivity index (χ1n) is 3.76. The minimum absolute atomic E-state index is 0.398. The van der Waals surface area contributed by atoms with Crippen LogP contribution >= 0.6 is 15.9 Å². The highest BCUT2D eigenvalue weighted by molar-refractivity contribution is 9.10. The summed E-state index contributed by atoms with van der Waals surface area (Å²) < 4.78 is 5.94. The number of rotatable bonds is 1. The van der Waals surface area contributed by atoms with E-state index in [0.717, 1.165) is 15.4 Å². The summed E-state index contributed by atoms with van der Waals surface area (Å²) >= 11 is 3.38. The molecule has 0 radical (unpaired) electrons. The van der Waals surface area contributed by atoms with Crippen molar-refractivity contribution in [1.29, 1.82) is 0 Å². The maximum absolute atomic E-state index is 4.92. The molecule has 0 amide bonds. The van der Waals surface area contributed by atoms with Crippen LogP contribution in [0.5, 0.6) is 6.01 Å². The summed E-state index contributed by atoms with van der Waals surface area (Å²) in [5, 5.41) is 0.996. The van der Waals surface area contributed by atoms with Gasteiger partial charge in [0.15, 0.2) is 0 Å². The molecule has 0 atom stereocenters. The molecule has 66 valence electrons. The fourth-order valence-corrected chi connectivity index (χ4v) is 1.46. The molecule has 0 bridgehead atoms. The van der Waals surface area contributed by atoms with Crippen molar-refractivity contribution in [1.82, 2.24) is 9.97 Å². The van der Waals surface area contributed by atoms with Crippen LogP contribution in [0.25, 0.3) is 10.9 Å². The number of methoxy groups -OCH3 is 1. The van der Waals surface area contributed by atoms with Gasteiger partial charge in [-0.25, -0.2) is 4.98 Å². The van der Waals surface area contributed by atoms with Crippen molar-refractivity contribution in [2.24, 2.45) is 0 Å². The van der Waals surface area contributed by atoms with Gasteiger partial charge in [-0.15, -0.1) is 0 Å². The van der Waals surface area contributed by atoms with E-state index in [1.165, 1.54) is 0 Å². The minimum atomic E-state index is 0.398. The lowest BCUT2D eigenvalue weighted by molar-refractivity contribution is 0.382. The zero-order valence-corrected chi connectivity index (χ0v) is 8.58. The molecule has 0 N–H and O–H groups in total. The van der Waals surface area contributed by atoms with Crippen molar-refractivity contribution in [3.63, 3.8) is 0 Å². The summed E-state index contributed by atoms with van der Waals surface area (Å²) in [5.41, 5.74) is 0.884. The van der Waals surface area contributed by atoms with Crippen molar-refractivity contribution in [3.05, 3.63) is 28.9 Å². The molecule has 1 heterocycles. The second-order valence-electron chi connectivity index (χ2n) is 2.56. The average molecular weight is 239 g/mol. The first-order valence-corrected chi connectivity index (χ1v) is 4.55. The van der Waals surface area contributed by atoms with Gasteiger partial charge in [0.25, 0.3) is 0 Å². The molecule has 4 heteroatoms. The number of nitrogens with zero attached hydrogens (tertiary/aromatic N) is 2. The Balaban J connectivity index is 2.66. The van der Waals surface area contributed by atoms with Crippen LogP contribution in [-0.4, -0.2) is 17.1 Å². The molecule has 0 spiro atoms. The van der Waals surface area contributed by atoms with E-state index in [1.54, 1.807) is 13.3 Å². The third-order valence-corrected chi connectivity index (χ3v) is 2.20. The lowest BCUT2D eigenvalue weighted by Gasteiger charge is -1.99. The summed E-state index contributed by atoms with van der Waals surface area (Å²) in [6, 6.07) is 6.22. The van der Waals surface area contributed by atoms with E-state index < -0.39 is 0 Å². The molecule has 0 saturated heterocycles. The van der Waals surface area contributed by atoms with Crippen molar-refractivity contribution in [2.45, 2.75) is 0 Å². The topological polar surface area (TPSA) is 35.0 Å². The molecular weight excluding hydrogens is 232 g/mol. The Hall–Kier alpha value is -1.16. The third-order valence-electron chi connectivity index (χ3n) is 1.70. The Morgan fingerprint density at radius 1 is 1.38 bits per heavy atom. The number of halogens is 1. The number of hydrogen-bond acceptors (Lipinski definition) is 3. The SMILES string of the molecule is COc1ncc2cc(Br)ccc2n1. The van der Waals surface area contributed by atoms with E-state index in [4.69, 9.17) is 4.74 Å². The first kappa shape index (κ1) is 8.44. The largest absolute Gasteiger partial charge is 0.467 e. The molecule has 1 aromatic heterocycles. The van der Waals surface area contributed by atoms with E-state index in [-0.39, 0.29) is 0 Å². The van der Waals surface area contributed by atoms with Gasteiger partial charge < -0.3 is 4.74 Å². The number of fused-ring (bicyclic) bond motifs is 1. The Bertz CT molecular complexity index is 445. The van der Waals surface area contributed by atoms with Crippen molar-refractivity contribution in [3.8, 4) is 6.01 Å². The van der Waals surface area contributed by atoms with Crippen LogP contribution in [0.2, 0.25) is 0 Å². The fourth-order valence-electron chi connectivity index (χ4n) is 1.09. The summed E-state index contributed by atoms with van der Waals surface area (Å²) in [4.78, 5) is 8.19. The molecule has 3 nitrogen and oxygen atoms in total. The second kappa shape index (κ2) is 3.30. The van der Waals surface area contributed by atoms with Gasteiger partial charge in [0.2, 0.25) is 0 Å². The van der Waals surface area contributed by atoms with Gasteiger partial charge >= 0.3 is 6.01 Å². The van der Waals surface area contributed by atoms with E-state index in [9.17, 15) is 0 Å². The number of aromatic nitrogens is 2. The van der Waals surface area contributed by atoms with Gasteiger partial charge in [-0.05, 0) is 18.2 Å². The number of hydrogen-bond donors (Lipinski definition) is 0. The van der Waals surface area contributed by atoms with Crippen LogP contribution in [0.4, 0.5) is 0 Å². The molecule has 2 aromatic rings. The monoisotopic (exact) mass is 238 g/mol. The third kappa shape index (κ3) is 1.62. The highest BCUT2D eigenvalue weighted by atomic mass is 79.9. The smallest absolute Gasteiger partial charge is 0.316 e. The standard InChI is InChI=1S/C9H7BrN2O/c1-13-9-11-5-6-4-7(10)2-3-8(6)12-9/h2-5H,1H3. The Kier molecular flexibility index (Phi) is 2.14. The second-order valence-corrected chi connectivity index (χ2v) is 3.48. The van der Waals surface area contributed by atoms with E-state index in [1.807, 2.05) is 18.2 Å². The zero-order valence-electron chi connectivity index (χ0n) is 6.99. The van der Waals surface area contributed by atoms with Gasteiger partial charge in [0.05, 0.1) is 12.6 Å². The molecule has 0 fully saturated rings. The summed E-state index contributed by atoms with van der Waals surface area (Å²) in [5.74, 6) is 0. The van der Waals surface area contributed by atoms with Gasteiger partial charge in [-0.3, -0.25) is 0 Å².